The van der Waals surface area contributed by atoms with E-state index < -0.39 is 6.10 Å². The van der Waals surface area contributed by atoms with E-state index >= 15 is 0 Å². The van der Waals surface area contributed by atoms with Crippen molar-refractivity contribution in [2.45, 2.75) is 57.8 Å². The summed E-state index contributed by atoms with van der Waals surface area (Å²) in [6.45, 7) is 4.77. The number of nitrogens with one attached hydrogen (secondary N) is 1. The molecule has 3 unspecified atom stereocenters. The normalized spacial score (nSPS) is 23.8. The lowest BCUT2D eigenvalue weighted by molar-refractivity contribution is 0.0672. The fourth-order valence-electron chi connectivity index (χ4n) is 2.90. The molecule has 1 aliphatic rings. The van der Waals surface area contributed by atoms with Gasteiger partial charge in [0.25, 0.3) is 0 Å². The maximum absolute atomic E-state index is 10.00. The smallest absolute Gasteiger partial charge is 0.119 e. The molecular formula is C17H27NO3. The minimum absolute atomic E-state index is 0.106. The van der Waals surface area contributed by atoms with Crippen molar-refractivity contribution in [1.82, 2.24) is 5.32 Å². The van der Waals surface area contributed by atoms with Crippen molar-refractivity contribution < 1.29 is 14.9 Å². The van der Waals surface area contributed by atoms with Gasteiger partial charge in [0.05, 0.1) is 6.10 Å². The van der Waals surface area contributed by atoms with Gasteiger partial charge < -0.3 is 20.3 Å². The Morgan fingerprint density at radius 3 is 2.52 bits per heavy atom. The van der Waals surface area contributed by atoms with E-state index in [2.05, 4.69) is 11.4 Å². The van der Waals surface area contributed by atoms with Gasteiger partial charge in [-0.2, -0.15) is 0 Å². The fraction of sp³-hybridized carbons (Fsp3) is 0.647. The number of aryl methyl sites for hydroxylation is 2. The van der Waals surface area contributed by atoms with Crippen LogP contribution in [0.3, 0.4) is 0 Å². The first-order valence-corrected chi connectivity index (χ1v) is 7.85. The summed E-state index contributed by atoms with van der Waals surface area (Å²) in [6.07, 6.45) is 3.21. The van der Waals surface area contributed by atoms with Gasteiger partial charge in [-0.05, 0) is 49.9 Å². The van der Waals surface area contributed by atoms with Crippen molar-refractivity contribution >= 4 is 0 Å². The molecule has 1 saturated carbocycles. The highest BCUT2D eigenvalue weighted by molar-refractivity contribution is 5.32. The largest absolute Gasteiger partial charge is 0.491 e. The van der Waals surface area contributed by atoms with E-state index in [4.69, 9.17) is 4.74 Å². The fourth-order valence-corrected chi connectivity index (χ4v) is 2.90. The Hall–Kier alpha value is -1.10. The van der Waals surface area contributed by atoms with E-state index in [1.54, 1.807) is 0 Å². The molecule has 4 nitrogen and oxygen atoms in total. The van der Waals surface area contributed by atoms with E-state index in [0.29, 0.717) is 6.54 Å². The Morgan fingerprint density at radius 2 is 1.86 bits per heavy atom. The van der Waals surface area contributed by atoms with Crippen LogP contribution < -0.4 is 10.1 Å². The summed E-state index contributed by atoms with van der Waals surface area (Å²) in [4.78, 5) is 0. The van der Waals surface area contributed by atoms with Crippen LogP contribution in [0.25, 0.3) is 0 Å². The third kappa shape index (κ3) is 5.30. The van der Waals surface area contributed by atoms with E-state index in [9.17, 15) is 10.2 Å². The molecule has 0 aliphatic heterocycles. The number of hydrogen-bond donors (Lipinski definition) is 3. The Balaban J connectivity index is 1.73. The quantitative estimate of drug-likeness (QED) is 0.750. The lowest BCUT2D eigenvalue weighted by Crippen LogP contribution is -2.45. The first kappa shape index (κ1) is 16.3. The molecule has 1 aliphatic carbocycles. The molecular weight excluding hydrogens is 266 g/mol. The molecule has 0 spiro atoms. The predicted octanol–water partition coefficient (Wildman–Crippen LogP) is 1.94. The molecule has 1 aromatic carbocycles. The van der Waals surface area contributed by atoms with Crippen LogP contribution in [0.1, 0.15) is 36.8 Å². The summed E-state index contributed by atoms with van der Waals surface area (Å²) < 4.78 is 5.64. The van der Waals surface area contributed by atoms with Gasteiger partial charge in [-0.25, -0.2) is 0 Å². The molecule has 21 heavy (non-hydrogen) atoms. The Morgan fingerprint density at radius 1 is 1.19 bits per heavy atom. The molecule has 1 aromatic rings. The Bertz CT molecular complexity index is 429. The topological polar surface area (TPSA) is 61.7 Å². The minimum atomic E-state index is -0.569. The second-order valence-electron chi connectivity index (χ2n) is 6.15. The first-order chi connectivity index (χ1) is 10.0. The Labute approximate surface area is 127 Å². The number of rotatable bonds is 6. The average molecular weight is 293 g/mol. The third-order valence-corrected chi connectivity index (χ3v) is 3.98. The number of aliphatic hydroxyl groups excluding tert-OH is 2. The summed E-state index contributed by atoms with van der Waals surface area (Å²) >= 11 is 0. The molecule has 0 amide bonds. The van der Waals surface area contributed by atoms with Crippen LogP contribution in [0.5, 0.6) is 5.75 Å². The second-order valence-corrected chi connectivity index (χ2v) is 6.15. The molecule has 4 heteroatoms. The zero-order valence-electron chi connectivity index (χ0n) is 13.0. The molecule has 0 saturated heterocycles. The molecule has 0 radical (unpaired) electrons. The number of ether oxygens (including phenoxy) is 1. The number of hydrogen-bond acceptors (Lipinski definition) is 4. The van der Waals surface area contributed by atoms with Gasteiger partial charge in [0, 0.05) is 12.6 Å². The third-order valence-electron chi connectivity index (χ3n) is 3.98. The molecule has 0 heterocycles. The van der Waals surface area contributed by atoms with Crippen molar-refractivity contribution in [2.75, 3.05) is 13.2 Å². The van der Waals surface area contributed by atoms with Crippen molar-refractivity contribution in [3.63, 3.8) is 0 Å². The van der Waals surface area contributed by atoms with Crippen molar-refractivity contribution in [3.8, 4) is 5.75 Å². The zero-order valence-corrected chi connectivity index (χ0v) is 13.0. The van der Waals surface area contributed by atoms with E-state index in [-0.39, 0.29) is 18.8 Å². The van der Waals surface area contributed by atoms with E-state index in [1.807, 2.05) is 26.0 Å². The summed E-state index contributed by atoms with van der Waals surface area (Å²) in [6, 6.07) is 6.14. The highest BCUT2D eigenvalue weighted by Crippen LogP contribution is 2.18. The highest BCUT2D eigenvalue weighted by atomic mass is 16.5. The van der Waals surface area contributed by atoms with Crippen molar-refractivity contribution in [2.24, 2.45) is 0 Å². The van der Waals surface area contributed by atoms with E-state index in [0.717, 1.165) is 42.6 Å². The van der Waals surface area contributed by atoms with Crippen molar-refractivity contribution in [3.05, 3.63) is 29.3 Å². The van der Waals surface area contributed by atoms with Crippen LogP contribution >= 0.6 is 0 Å². The summed E-state index contributed by atoms with van der Waals surface area (Å²) in [7, 11) is 0. The van der Waals surface area contributed by atoms with Gasteiger partial charge in [0.15, 0.2) is 0 Å². The van der Waals surface area contributed by atoms with Gasteiger partial charge in [0.1, 0.15) is 18.5 Å². The molecule has 1 fully saturated rings. The summed E-state index contributed by atoms with van der Waals surface area (Å²) in [5.41, 5.74) is 2.31. The maximum atomic E-state index is 10.00. The average Bonchev–Trinajstić information content (AvgIpc) is 2.43. The van der Waals surface area contributed by atoms with Crippen molar-refractivity contribution in [1.29, 1.82) is 0 Å². The van der Waals surface area contributed by atoms with Crippen LogP contribution in [-0.2, 0) is 0 Å². The first-order valence-electron chi connectivity index (χ1n) is 7.85. The highest BCUT2D eigenvalue weighted by Gasteiger charge is 2.23. The lowest BCUT2D eigenvalue weighted by atomic mass is 9.92. The van der Waals surface area contributed by atoms with Crippen LogP contribution in [-0.4, -0.2) is 41.6 Å². The Kier molecular flexibility index (Phi) is 6.03. The summed E-state index contributed by atoms with van der Waals surface area (Å²) in [5.74, 6) is 0.796. The SMILES string of the molecule is Cc1cc(C)cc(OCC(O)CNC2CCCCC2O)c1. The molecule has 3 atom stereocenters. The monoisotopic (exact) mass is 293 g/mol. The standard InChI is InChI=1S/C17H27NO3/c1-12-7-13(2)9-15(8-12)21-11-14(19)10-18-16-5-3-4-6-17(16)20/h7-9,14,16-20H,3-6,10-11H2,1-2H3. The predicted molar refractivity (Wildman–Crippen MR) is 83.7 cm³/mol. The van der Waals surface area contributed by atoms with Crippen LogP contribution in [0.4, 0.5) is 0 Å². The molecule has 0 aromatic heterocycles. The molecule has 3 N–H and O–H groups in total. The second kappa shape index (κ2) is 7.78. The maximum Gasteiger partial charge on any atom is 0.119 e. The summed E-state index contributed by atoms with van der Waals surface area (Å²) in [5, 5.41) is 23.1. The van der Waals surface area contributed by atoms with Crippen LogP contribution in [0.15, 0.2) is 18.2 Å². The minimum Gasteiger partial charge on any atom is -0.491 e. The van der Waals surface area contributed by atoms with Gasteiger partial charge >= 0.3 is 0 Å². The van der Waals surface area contributed by atoms with Crippen LogP contribution in [0, 0.1) is 13.8 Å². The lowest BCUT2D eigenvalue weighted by Gasteiger charge is -2.29. The van der Waals surface area contributed by atoms with Gasteiger partial charge in [-0.15, -0.1) is 0 Å². The molecule has 118 valence electrons. The molecule has 0 bridgehead atoms. The molecule has 2 rings (SSSR count). The number of aliphatic hydroxyl groups is 2. The number of benzene rings is 1. The van der Waals surface area contributed by atoms with Gasteiger partial charge in [-0.1, -0.05) is 18.9 Å². The van der Waals surface area contributed by atoms with Gasteiger partial charge in [0.2, 0.25) is 0 Å². The zero-order chi connectivity index (χ0) is 15.2. The van der Waals surface area contributed by atoms with Crippen LogP contribution in [0.2, 0.25) is 0 Å². The van der Waals surface area contributed by atoms with E-state index in [1.165, 1.54) is 0 Å². The van der Waals surface area contributed by atoms with Gasteiger partial charge in [-0.3, -0.25) is 0 Å².